The first-order valence-electron chi connectivity index (χ1n) is 12.0. The first-order valence-corrected chi connectivity index (χ1v) is 13.8. The van der Waals surface area contributed by atoms with E-state index in [4.69, 9.17) is 0 Å². The van der Waals surface area contributed by atoms with Gasteiger partial charge in [-0.2, -0.15) is 0 Å². The van der Waals surface area contributed by atoms with Gasteiger partial charge in [-0.05, 0) is 55.0 Å². The van der Waals surface area contributed by atoms with Crippen LogP contribution in [0.1, 0.15) is 15.9 Å². The number of amides is 3. The Bertz CT molecular complexity index is 1470. The average molecular weight is 544 g/mol. The van der Waals surface area contributed by atoms with Crippen molar-refractivity contribution in [2.24, 2.45) is 0 Å². The molecular formula is C29H25N3O4S2. The van der Waals surface area contributed by atoms with Crippen LogP contribution in [-0.2, 0) is 4.79 Å². The summed E-state index contributed by atoms with van der Waals surface area (Å²) in [6.45, 7) is 1.81. The summed E-state index contributed by atoms with van der Waals surface area (Å²) in [5.41, 5.74) is 2.87. The number of aromatic carboxylic acids is 1. The van der Waals surface area contributed by atoms with Crippen molar-refractivity contribution < 1.29 is 19.5 Å². The number of aryl methyl sites for hydroxylation is 1. The molecule has 0 saturated carbocycles. The van der Waals surface area contributed by atoms with E-state index < -0.39 is 5.97 Å². The van der Waals surface area contributed by atoms with Crippen LogP contribution >= 0.6 is 23.5 Å². The van der Waals surface area contributed by atoms with Crippen molar-refractivity contribution in [1.82, 2.24) is 0 Å². The number of nitrogens with one attached hydrogen (secondary N) is 2. The number of carbonyl (C=O) groups is 3. The molecule has 3 aromatic carbocycles. The SMILES string of the molecule is Cc1ccc(C(=O)O)cc1NC(=O)CSc1cccc(NC(=O)N2c3ccccc3SC3C=CC=CC32)c1. The fourth-order valence-electron chi connectivity index (χ4n) is 4.30. The summed E-state index contributed by atoms with van der Waals surface area (Å²) in [5, 5.41) is 15.2. The van der Waals surface area contributed by atoms with Crippen molar-refractivity contribution in [3.63, 3.8) is 0 Å². The molecule has 0 aromatic heterocycles. The molecule has 9 heteroatoms. The minimum Gasteiger partial charge on any atom is -0.478 e. The highest BCUT2D eigenvalue weighted by molar-refractivity contribution is 8.00. The molecule has 2 unspecified atom stereocenters. The van der Waals surface area contributed by atoms with E-state index in [1.165, 1.54) is 23.9 Å². The second kappa shape index (κ2) is 11.2. The fraction of sp³-hybridized carbons (Fsp3) is 0.138. The van der Waals surface area contributed by atoms with E-state index in [2.05, 4.69) is 16.7 Å². The Morgan fingerprint density at radius 3 is 2.63 bits per heavy atom. The van der Waals surface area contributed by atoms with Gasteiger partial charge in [-0.25, -0.2) is 9.59 Å². The van der Waals surface area contributed by atoms with Gasteiger partial charge in [-0.3, -0.25) is 9.69 Å². The van der Waals surface area contributed by atoms with Gasteiger partial charge in [0.25, 0.3) is 0 Å². The Morgan fingerprint density at radius 2 is 1.79 bits per heavy atom. The molecule has 7 nitrogen and oxygen atoms in total. The lowest BCUT2D eigenvalue weighted by molar-refractivity contribution is -0.113. The van der Waals surface area contributed by atoms with Crippen LogP contribution in [0.4, 0.5) is 21.9 Å². The summed E-state index contributed by atoms with van der Waals surface area (Å²) in [4.78, 5) is 41.0. The van der Waals surface area contributed by atoms with Crippen LogP contribution in [0.5, 0.6) is 0 Å². The van der Waals surface area contributed by atoms with Crippen molar-refractivity contribution in [2.75, 3.05) is 21.3 Å². The number of urea groups is 1. The topological polar surface area (TPSA) is 98.7 Å². The quantitative estimate of drug-likeness (QED) is 0.310. The van der Waals surface area contributed by atoms with Crippen molar-refractivity contribution in [2.45, 2.75) is 28.0 Å². The number of allylic oxidation sites excluding steroid dienone is 2. The number of rotatable bonds is 6. The van der Waals surface area contributed by atoms with E-state index in [1.807, 2.05) is 73.7 Å². The third-order valence-electron chi connectivity index (χ3n) is 6.18. The Labute approximate surface area is 229 Å². The van der Waals surface area contributed by atoms with E-state index in [-0.39, 0.29) is 34.5 Å². The minimum absolute atomic E-state index is 0.0933. The van der Waals surface area contributed by atoms with Gasteiger partial charge >= 0.3 is 12.0 Å². The second-order valence-corrected chi connectivity index (χ2v) is 11.1. The summed E-state index contributed by atoms with van der Waals surface area (Å²) < 4.78 is 0. The van der Waals surface area contributed by atoms with Crippen LogP contribution in [0, 0.1) is 6.92 Å². The Hall–Kier alpha value is -3.95. The van der Waals surface area contributed by atoms with Gasteiger partial charge in [0.1, 0.15) is 0 Å². The van der Waals surface area contributed by atoms with E-state index >= 15 is 0 Å². The number of para-hydroxylation sites is 1. The normalized spacial score (nSPS) is 17.3. The minimum atomic E-state index is -1.05. The second-order valence-electron chi connectivity index (χ2n) is 8.81. The summed E-state index contributed by atoms with van der Waals surface area (Å²) in [6.07, 6.45) is 8.15. The Morgan fingerprint density at radius 1 is 0.974 bits per heavy atom. The first-order chi connectivity index (χ1) is 18.4. The van der Waals surface area contributed by atoms with E-state index in [0.29, 0.717) is 11.4 Å². The number of thioether (sulfide) groups is 2. The van der Waals surface area contributed by atoms with Crippen molar-refractivity contribution in [3.8, 4) is 0 Å². The van der Waals surface area contributed by atoms with Crippen LogP contribution in [0.15, 0.2) is 101 Å². The molecule has 2 aliphatic rings. The van der Waals surface area contributed by atoms with Crippen molar-refractivity contribution >= 4 is 58.5 Å². The molecule has 1 aliphatic heterocycles. The highest BCUT2D eigenvalue weighted by Crippen LogP contribution is 2.43. The molecule has 0 bridgehead atoms. The number of carboxylic acid groups (broad SMARTS) is 1. The van der Waals surface area contributed by atoms with Gasteiger partial charge in [0, 0.05) is 21.2 Å². The Kier molecular flexibility index (Phi) is 7.57. The largest absolute Gasteiger partial charge is 0.478 e. The van der Waals surface area contributed by atoms with Crippen LogP contribution in [0.25, 0.3) is 0 Å². The average Bonchev–Trinajstić information content (AvgIpc) is 2.91. The van der Waals surface area contributed by atoms with Gasteiger partial charge in [0.05, 0.1) is 28.3 Å². The monoisotopic (exact) mass is 543 g/mol. The summed E-state index contributed by atoms with van der Waals surface area (Å²) >= 11 is 3.08. The number of carboxylic acids is 1. The first kappa shape index (κ1) is 25.7. The molecule has 1 aliphatic carbocycles. The highest BCUT2D eigenvalue weighted by Gasteiger charge is 2.36. The van der Waals surface area contributed by atoms with E-state index in [9.17, 15) is 19.5 Å². The van der Waals surface area contributed by atoms with Gasteiger partial charge in [0.15, 0.2) is 0 Å². The maximum Gasteiger partial charge on any atom is 0.335 e. The maximum absolute atomic E-state index is 13.5. The summed E-state index contributed by atoms with van der Waals surface area (Å²) in [5.74, 6) is -1.17. The molecule has 0 fully saturated rings. The zero-order valence-electron chi connectivity index (χ0n) is 20.5. The summed E-state index contributed by atoms with van der Waals surface area (Å²) in [6, 6.07) is 19.6. The van der Waals surface area contributed by atoms with Crippen LogP contribution < -0.4 is 15.5 Å². The van der Waals surface area contributed by atoms with Gasteiger partial charge < -0.3 is 15.7 Å². The molecule has 2 atom stereocenters. The molecule has 1 heterocycles. The van der Waals surface area contributed by atoms with E-state index in [1.54, 1.807) is 22.7 Å². The number of anilines is 3. The molecule has 5 rings (SSSR count). The predicted octanol–water partition coefficient (Wildman–Crippen LogP) is 6.43. The lowest BCUT2D eigenvalue weighted by atomic mass is 10.1. The molecule has 0 saturated heterocycles. The lowest BCUT2D eigenvalue weighted by Gasteiger charge is -2.40. The molecule has 192 valence electrons. The van der Waals surface area contributed by atoms with Crippen LogP contribution in [0.2, 0.25) is 0 Å². The van der Waals surface area contributed by atoms with Gasteiger partial charge in [-0.1, -0.05) is 48.6 Å². The third kappa shape index (κ3) is 5.64. The van der Waals surface area contributed by atoms with Crippen molar-refractivity contribution in [1.29, 1.82) is 0 Å². The predicted molar refractivity (Wildman–Crippen MR) is 154 cm³/mol. The number of hydrogen-bond acceptors (Lipinski definition) is 5. The smallest absolute Gasteiger partial charge is 0.335 e. The number of carbonyl (C=O) groups excluding carboxylic acids is 2. The Balaban J connectivity index is 1.25. The fourth-order valence-corrected chi connectivity index (χ4v) is 6.31. The third-order valence-corrected chi connectivity index (χ3v) is 8.48. The van der Waals surface area contributed by atoms with Gasteiger partial charge in [-0.15, -0.1) is 23.5 Å². The number of hydrogen-bond donors (Lipinski definition) is 3. The van der Waals surface area contributed by atoms with E-state index in [0.717, 1.165) is 21.0 Å². The standard InChI is InChI=1S/C29H25N3O4S2/c1-18-13-14-19(28(34)35)15-22(18)31-27(33)17-37-21-8-6-7-20(16-21)30-29(36)32-23-9-2-4-11-25(23)38-26-12-5-3-10-24(26)32/h2-16,23,25H,17H2,1H3,(H,30,36)(H,31,33)(H,34,35). The highest BCUT2D eigenvalue weighted by atomic mass is 32.2. The number of nitrogens with zero attached hydrogens (tertiary/aromatic N) is 1. The summed E-state index contributed by atoms with van der Waals surface area (Å²) in [7, 11) is 0. The zero-order valence-corrected chi connectivity index (χ0v) is 22.1. The molecular weight excluding hydrogens is 518 g/mol. The number of fused-ring (bicyclic) bond motifs is 2. The zero-order chi connectivity index (χ0) is 26.6. The van der Waals surface area contributed by atoms with Crippen LogP contribution in [-0.4, -0.2) is 40.1 Å². The van der Waals surface area contributed by atoms with Crippen LogP contribution in [0.3, 0.4) is 0 Å². The molecule has 3 amide bonds. The molecule has 38 heavy (non-hydrogen) atoms. The number of benzene rings is 3. The maximum atomic E-state index is 13.5. The van der Waals surface area contributed by atoms with Crippen molar-refractivity contribution in [3.05, 3.63) is 102 Å². The molecule has 0 radical (unpaired) electrons. The molecule has 0 spiro atoms. The van der Waals surface area contributed by atoms with Gasteiger partial charge in [0.2, 0.25) is 5.91 Å². The molecule has 3 N–H and O–H groups in total. The molecule has 3 aromatic rings. The lowest BCUT2D eigenvalue weighted by Crippen LogP contribution is -2.49.